The summed E-state index contributed by atoms with van der Waals surface area (Å²) in [5.41, 5.74) is 1.49. The smallest absolute Gasteiger partial charge is 0.277 e. The number of amides is 1. The molecule has 7 heteroatoms. The summed E-state index contributed by atoms with van der Waals surface area (Å²) >= 11 is 0. The van der Waals surface area contributed by atoms with Crippen LogP contribution in [0.4, 0.5) is 11.5 Å². The fraction of sp³-hybridized carbons (Fsp3) is 0.167. The molecule has 0 spiro atoms. The van der Waals surface area contributed by atoms with Gasteiger partial charge in [0.15, 0.2) is 11.5 Å². The molecule has 2 heterocycles. The van der Waals surface area contributed by atoms with Crippen LogP contribution < -0.4 is 15.0 Å². The highest BCUT2D eigenvalue weighted by molar-refractivity contribution is 6.03. The summed E-state index contributed by atoms with van der Waals surface area (Å²) in [5.74, 6) is 1.54. The average molecular weight is 338 g/mol. The zero-order valence-electron chi connectivity index (χ0n) is 14.2. The summed E-state index contributed by atoms with van der Waals surface area (Å²) < 4.78 is 10.6. The molecule has 0 bridgehead atoms. The van der Waals surface area contributed by atoms with Crippen LogP contribution in [-0.2, 0) is 0 Å². The first-order valence-corrected chi connectivity index (χ1v) is 7.63. The molecule has 0 aliphatic carbocycles. The summed E-state index contributed by atoms with van der Waals surface area (Å²) in [5, 5.41) is 6.58. The number of aromatic nitrogens is 2. The second kappa shape index (κ2) is 7.04. The monoisotopic (exact) mass is 338 g/mol. The van der Waals surface area contributed by atoms with Gasteiger partial charge in [0.1, 0.15) is 11.6 Å². The minimum Gasteiger partial charge on any atom is -0.496 e. The van der Waals surface area contributed by atoms with Crippen molar-refractivity contribution in [2.24, 2.45) is 0 Å². The third kappa shape index (κ3) is 3.60. The van der Waals surface area contributed by atoms with Crippen LogP contribution in [0.25, 0.3) is 11.3 Å². The number of hydrogen-bond acceptors (Lipinski definition) is 6. The second-order valence-electron chi connectivity index (χ2n) is 5.53. The van der Waals surface area contributed by atoms with Crippen LogP contribution >= 0.6 is 0 Å². The molecular weight excluding hydrogens is 320 g/mol. The van der Waals surface area contributed by atoms with Crippen molar-refractivity contribution in [3.63, 3.8) is 0 Å². The predicted molar refractivity (Wildman–Crippen MR) is 95.0 cm³/mol. The fourth-order valence-corrected chi connectivity index (χ4v) is 2.28. The van der Waals surface area contributed by atoms with Gasteiger partial charge in [-0.25, -0.2) is 4.98 Å². The Morgan fingerprint density at radius 2 is 2.00 bits per heavy atom. The topological polar surface area (TPSA) is 80.5 Å². The lowest BCUT2D eigenvalue weighted by Crippen LogP contribution is -2.14. The van der Waals surface area contributed by atoms with Crippen LogP contribution in [-0.4, -0.2) is 37.3 Å². The van der Waals surface area contributed by atoms with Crippen LogP contribution in [0.1, 0.15) is 10.5 Å². The highest BCUT2D eigenvalue weighted by atomic mass is 16.5. The van der Waals surface area contributed by atoms with E-state index in [0.717, 1.165) is 11.4 Å². The number of ether oxygens (including phenoxy) is 1. The number of hydrogen-bond donors (Lipinski definition) is 1. The molecule has 0 aliphatic heterocycles. The first kappa shape index (κ1) is 16.5. The Bertz CT molecular complexity index is 872. The van der Waals surface area contributed by atoms with Gasteiger partial charge in [-0.15, -0.1) is 0 Å². The number of anilines is 2. The minimum atomic E-state index is -0.371. The van der Waals surface area contributed by atoms with Gasteiger partial charge >= 0.3 is 0 Å². The molecule has 0 saturated carbocycles. The Balaban J connectivity index is 1.76. The van der Waals surface area contributed by atoms with Crippen molar-refractivity contribution >= 4 is 17.4 Å². The normalized spacial score (nSPS) is 10.4. The van der Waals surface area contributed by atoms with E-state index in [1.807, 2.05) is 49.3 Å². The number of para-hydroxylation sites is 1. The van der Waals surface area contributed by atoms with E-state index < -0.39 is 0 Å². The van der Waals surface area contributed by atoms with E-state index in [4.69, 9.17) is 9.26 Å². The molecule has 1 N–H and O–H groups in total. The molecule has 0 fully saturated rings. The molecule has 2 aromatic heterocycles. The van der Waals surface area contributed by atoms with Gasteiger partial charge in [-0.05, 0) is 24.3 Å². The molecule has 0 aliphatic rings. The van der Waals surface area contributed by atoms with Gasteiger partial charge in [-0.3, -0.25) is 4.79 Å². The second-order valence-corrected chi connectivity index (χ2v) is 5.53. The van der Waals surface area contributed by atoms with Crippen LogP contribution in [0.3, 0.4) is 0 Å². The standard InChI is InChI=1S/C18H18N4O3/c1-22(2)17-9-8-12(11-19-17)20-18(23)14-10-16(25-21-14)13-6-4-5-7-15(13)24-3/h4-11H,1-3H3,(H,20,23). The van der Waals surface area contributed by atoms with E-state index in [1.165, 1.54) is 0 Å². The Kier molecular flexibility index (Phi) is 4.65. The van der Waals surface area contributed by atoms with E-state index >= 15 is 0 Å². The highest BCUT2D eigenvalue weighted by Crippen LogP contribution is 2.30. The number of rotatable bonds is 5. The van der Waals surface area contributed by atoms with Crippen molar-refractivity contribution in [2.45, 2.75) is 0 Å². The maximum atomic E-state index is 12.3. The summed E-state index contributed by atoms with van der Waals surface area (Å²) in [4.78, 5) is 18.5. The Labute approximate surface area is 145 Å². The molecule has 1 aromatic carbocycles. The van der Waals surface area contributed by atoms with Gasteiger partial charge in [0, 0.05) is 20.2 Å². The molecule has 0 unspecified atom stereocenters. The Morgan fingerprint density at radius 3 is 2.68 bits per heavy atom. The molecule has 3 aromatic rings. The number of benzene rings is 1. The van der Waals surface area contributed by atoms with E-state index in [-0.39, 0.29) is 11.6 Å². The van der Waals surface area contributed by atoms with Gasteiger partial charge in [-0.2, -0.15) is 0 Å². The predicted octanol–water partition coefficient (Wildman–Crippen LogP) is 3.06. The molecule has 0 radical (unpaired) electrons. The van der Waals surface area contributed by atoms with E-state index in [9.17, 15) is 4.79 Å². The van der Waals surface area contributed by atoms with Crippen LogP contribution in [0.5, 0.6) is 5.75 Å². The summed E-state index contributed by atoms with van der Waals surface area (Å²) in [6.07, 6.45) is 1.59. The summed E-state index contributed by atoms with van der Waals surface area (Å²) in [6, 6.07) is 12.5. The first-order chi connectivity index (χ1) is 12.1. The van der Waals surface area contributed by atoms with Crippen molar-refractivity contribution in [2.75, 3.05) is 31.4 Å². The summed E-state index contributed by atoms with van der Waals surface area (Å²) in [6.45, 7) is 0. The molecule has 1 amide bonds. The maximum absolute atomic E-state index is 12.3. The quantitative estimate of drug-likeness (QED) is 0.770. The molecule has 0 saturated heterocycles. The van der Waals surface area contributed by atoms with Crippen LogP contribution in [0.2, 0.25) is 0 Å². The third-order valence-corrected chi connectivity index (χ3v) is 3.58. The van der Waals surface area contributed by atoms with Gasteiger partial charge in [0.2, 0.25) is 0 Å². The lowest BCUT2D eigenvalue weighted by molar-refractivity contribution is 0.101. The van der Waals surface area contributed by atoms with E-state index in [2.05, 4.69) is 15.5 Å². The van der Waals surface area contributed by atoms with E-state index in [0.29, 0.717) is 17.2 Å². The fourth-order valence-electron chi connectivity index (χ4n) is 2.28. The Morgan fingerprint density at radius 1 is 1.20 bits per heavy atom. The molecule has 25 heavy (non-hydrogen) atoms. The molecule has 3 rings (SSSR count). The SMILES string of the molecule is COc1ccccc1-c1cc(C(=O)Nc2ccc(N(C)C)nc2)no1. The minimum absolute atomic E-state index is 0.178. The number of methoxy groups -OCH3 is 1. The lowest BCUT2D eigenvalue weighted by Gasteiger charge is -2.11. The van der Waals surface area contributed by atoms with Gasteiger partial charge < -0.3 is 19.5 Å². The maximum Gasteiger partial charge on any atom is 0.277 e. The number of carbonyl (C=O) groups is 1. The van der Waals surface area contributed by atoms with Crippen molar-refractivity contribution in [1.29, 1.82) is 0 Å². The van der Waals surface area contributed by atoms with Gasteiger partial charge in [0.25, 0.3) is 5.91 Å². The summed E-state index contributed by atoms with van der Waals surface area (Å²) in [7, 11) is 5.37. The zero-order valence-corrected chi connectivity index (χ0v) is 14.2. The molecule has 128 valence electrons. The molecule has 0 atom stereocenters. The van der Waals surface area contributed by atoms with Crippen LogP contribution in [0, 0.1) is 0 Å². The first-order valence-electron chi connectivity index (χ1n) is 7.63. The molecular formula is C18H18N4O3. The highest BCUT2D eigenvalue weighted by Gasteiger charge is 2.16. The lowest BCUT2D eigenvalue weighted by atomic mass is 10.1. The van der Waals surface area contributed by atoms with Crippen molar-refractivity contribution in [3.05, 3.63) is 54.4 Å². The number of nitrogens with one attached hydrogen (secondary N) is 1. The van der Waals surface area contributed by atoms with Gasteiger partial charge in [-0.1, -0.05) is 17.3 Å². The van der Waals surface area contributed by atoms with Crippen LogP contribution in [0.15, 0.2) is 53.2 Å². The Hall–Kier alpha value is -3.35. The number of pyridine rings is 1. The number of nitrogens with zero attached hydrogens (tertiary/aromatic N) is 3. The van der Waals surface area contributed by atoms with Crippen molar-refractivity contribution in [1.82, 2.24) is 10.1 Å². The largest absolute Gasteiger partial charge is 0.496 e. The average Bonchev–Trinajstić information content (AvgIpc) is 3.12. The zero-order chi connectivity index (χ0) is 17.8. The van der Waals surface area contributed by atoms with Gasteiger partial charge in [0.05, 0.1) is 24.6 Å². The number of carbonyl (C=O) groups excluding carboxylic acids is 1. The van der Waals surface area contributed by atoms with Crippen molar-refractivity contribution < 1.29 is 14.1 Å². The third-order valence-electron chi connectivity index (χ3n) is 3.58. The van der Waals surface area contributed by atoms with Crippen molar-refractivity contribution in [3.8, 4) is 17.1 Å². The molecule has 7 nitrogen and oxygen atoms in total. The van der Waals surface area contributed by atoms with E-state index in [1.54, 1.807) is 25.4 Å².